The maximum Gasteiger partial charge on any atom is 0.241 e. The number of benzene rings is 1. The summed E-state index contributed by atoms with van der Waals surface area (Å²) in [7, 11) is 1.74. The standard InChI is InChI=1S/C21H22FN5O/c1-15-13-24-21(26-20(15)17-8-3-4-9-18(17)22)25-14-19(28)27(2)12-10-16-7-5-6-11-23-16/h3-9,11,13H,10,12,14H2,1-2H3,(H,24,25,26). The molecule has 0 saturated heterocycles. The third-order valence-electron chi connectivity index (χ3n) is 4.35. The van der Waals surface area contributed by atoms with Crippen molar-refractivity contribution in [3.8, 4) is 11.3 Å². The molecule has 0 aliphatic heterocycles. The molecular weight excluding hydrogens is 357 g/mol. The van der Waals surface area contributed by atoms with Gasteiger partial charge in [0.1, 0.15) is 5.82 Å². The monoisotopic (exact) mass is 379 g/mol. The van der Waals surface area contributed by atoms with E-state index in [0.717, 1.165) is 11.3 Å². The number of carbonyl (C=O) groups is 1. The van der Waals surface area contributed by atoms with Crippen LogP contribution in [-0.2, 0) is 11.2 Å². The Kier molecular flexibility index (Phi) is 6.26. The summed E-state index contributed by atoms with van der Waals surface area (Å²) >= 11 is 0. The van der Waals surface area contributed by atoms with Crippen LogP contribution in [0.15, 0.2) is 54.9 Å². The van der Waals surface area contributed by atoms with Gasteiger partial charge in [0, 0.05) is 43.7 Å². The Morgan fingerprint density at radius 2 is 1.93 bits per heavy atom. The summed E-state index contributed by atoms with van der Waals surface area (Å²) in [5.74, 6) is -0.150. The number of nitrogens with one attached hydrogen (secondary N) is 1. The first kappa shape index (κ1) is 19.4. The number of halogens is 1. The molecule has 0 atom stereocenters. The Balaban J connectivity index is 1.60. The highest BCUT2D eigenvalue weighted by atomic mass is 19.1. The number of pyridine rings is 1. The SMILES string of the molecule is Cc1cnc(NCC(=O)N(C)CCc2ccccn2)nc1-c1ccccc1F. The van der Waals surface area contributed by atoms with E-state index in [1.807, 2.05) is 25.1 Å². The minimum atomic E-state index is -0.347. The van der Waals surface area contributed by atoms with E-state index < -0.39 is 0 Å². The molecule has 28 heavy (non-hydrogen) atoms. The van der Waals surface area contributed by atoms with Gasteiger partial charge in [-0.25, -0.2) is 14.4 Å². The predicted molar refractivity (Wildman–Crippen MR) is 106 cm³/mol. The van der Waals surface area contributed by atoms with E-state index in [1.54, 1.807) is 42.5 Å². The highest BCUT2D eigenvalue weighted by molar-refractivity contribution is 5.80. The number of nitrogens with zero attached hydrogens (tertiary/aromatic N) is 4. The first-order valence-electron chi connectivity index (χ1n) is 9.01. The molecule has 6 nitrogen and oxygen atoms in total. The van der Waals surface area contributed by atoms with Gasteiger partial charge in [-0.2, -0.15) is 0 Å². The molecule has 7 heteroatoms. The molecule has 0 fully saturated rings. The zero-order valence-electron chi connectivity index (χ0n) is 15.9. The minimum absolute atomic E-state index is 0.0541. The van der Waals surface area contributed by atoms with Crippen LogP contribution in [0.5, 0.6) is 0 Å². The van der Waals surface area contributed by atoms with E-state index in [0.29, 0.717) is 24.2 Å². The third kappa shape index (κ3) is 4.88. The van der Waals surface area contributed by atoms with Crippen molar-refractivity contribution in [2.24, 2.45) is 0 Å². The fraction of sp³-hybridized carbons (Fsp3) is 0.238. The van der Waals surface area contributed by atoms with Crippen molar-refractivity contribution < 1.29 is 9.18 Å². The zero-order chi connectivity index (χ0) is 19.9. The summed E-state index contributed by atoms with van der Waals surface area (Å²) in [5.41, 5.74) is 2.61. The normalized spacial score (nSPS) is 10.5. The highest BCUT2D eigenvalue weighted by Gasteiger charge is 2.13. The van der Waals surface area contributed by atoms with Gasteiger partial charge in [-0.15, -0.1) is 0 Å². The fourth-order valence-electron chi connectivity index (χ4n) is 2.70. The molecule has 0 bridgehead atoms. The number of aryl methyl sites for hydroxylation is 1. The smallest absolute Gasteiger partial charge is 0.241 e. The number of hydrogen-bond acceptors (Lipinski definition) is 5. The Bertz CT molecular complexity index is 949. The first-order valence-corrected chi connectivity index (χ1v) is 9.01. The van der Waals surface area contributed by atoms with Crippen LogP contribution in [-0.4, -0.2) is 45.9 Å². The second kappa shape index (κ2) is 9.03. The lowest BCUT2D eigenvalue weighted by Crippen LogP contribution is -2.34. The molecule has 2 heterocycles. The molecular formula is C21H22FN5O. The molecule has 0 aliphatic rings. The first-order chi connectivity index (χ1) is 13.5. The van der Waals surface area contributed by atoms with Crippen molar-refractivity contribution in [2.75, 3.05) is 25.5 Å². The Labute approximate surface area is 163 Å². The summed E-state index contributed by atoms with van der Waals surface area (Å²) < 4.78 is 14.1. The van der Waals surface area contributed by atoms with Crippen LogP contribution < -0.4 is 5.32 Å². The topological polar surface area (TPSA) is 71.0 Å². The number of anilines is 1. The Hall–Kier alpha value is -3.35. The second-order valence-corrected chi connectivity index (χ2v) is 6.44. The molecule has 3 rings (SSSR count). The number of amides is 1. The minimum Gasteiger partial charge on any atom is -0.345 e. The van der Waals surface area contributed by atoms with Gasteiger partial charge in [0.2, 0.25) is 11.9 Å². The number of aromatic nitrogens is 3. The quantitative estimate of drug-likeness (QED) is 0.683. The van der Waals surface area contributed by atoms with Crippen molar-refractivity contribution in [2.45, 2.75) is 13.3 Å². The van der Waals surface area contributed by atoms with Crippen LogP contribution in [0, 0.1) is 12.7 Å². The highest BCUT2D eigenvalue weighted by Crippen LogP contribution is 2.24. The molecule has 1 aromatic carbocycles. The van der Waals surface area contributed by atoms with Crippen LogP contribution in [0.3, 0.4) is 0 Å². The average molecular weight is 379 g/mol. The third-order valence-corrected chi connectivity index (χ3v) is 4.35. The predicted octanol–water partition coefficient (Wildman–Crippen LogP) is 3.10. The van der Waals surface area contributed by atoms with Gasteiger partial charge < -0.3 is 10.2 Å². The second-order valence-electron chi connectivity index (χ2n) is 6.44. The van der Waals surface area contributed by atoms with Gasteiger partial charge in [0.15, 0.2) is 0 Å². The lowest BCUT2D eigenvalue weighted by molar-refractivity contribution is -0.128. The van der Waals surface area contributed by atoms with E-state index in [-0.39, 0.29) is 24.2 Å². The van der Waals surface area contributed by atoms with Gasteiger partial charge in [-0.3, -0.25) is 9.78 Å². The van der Waals surface area contributed by atoms with Crippen molar-refractivity contribution in [3.05, 3.63) is 71.9 Å². The van der Waals surface area contributed by atoms with E-state index in [1.165, 1.54) is 6.07 Å². The van der Waals surface area contributed by atoms with Gasteiger partial charge in [-0.1, -0.05) is 18.2 Å². The van der Waals surface area contributed by atoms with Crippen LogP contribution in [0.1, 0.15) is 11.3 Å². The molecule has 0 saturated carbocycles. The van der Waals surface area contributed by atoms with Crippen molar-refractivity contribution >= 4 is 11.9 Å². The zero-order valence-corrected chi connectivity index (χ0v) is 15.9. The summed E-state index contributed by atoms with van der Waals surface area (Å²) in [6.07, 6.45) is 4.04. The van der Waals surface area contributed by atoms with Crippen LogP contribution >= 0.6 is 0 Å². The maximum atomic E-state index is 14.1. The maximum absolute atomic E-state index is 14.1. The molecule has 1 N–H and O–H groups in total. The fourth-order valence-corrected chi connectivity index (χ4v) is 2.70. The summed E-state index contributed by atoms with van der Waals surface area (Å²) in [4.78, 5) is 26.8. The largest absolute Gasteiger partial charge is 0.345 e. The lowest BCUT2D eigenvalue weighted by Gasteiger charge is -2.17. The summed E-state index contributed by atoms with van der Waals surface area (Å²) in [6.45, 7) is 2.44. The molecule has 0 spiro atoms. The van der Waals surface area contributed by atoms with E-state index in [2.05, 4.69) is 20.3 Å². The van der Waals surface area contributed by atoms with Crippen molar-refractivity contribution in [1.82, 2.24) is 19.9 Å². The van der Waals surface area contributed by atoms with Crippen molar-refractivity contribution in [1.29, 1.82) is 0 Å². The van der Waals surface area contributed by atoms with Crippen molar-refractivity contribution in [3.63, 3.8) is 0 Å². The lowest BCUT2D eigenvalue weighted by atomic mass is 10.1. The molecule has 3 aromatic rings. The molecule has 0 radical (unpaired) electrons. The van der Waals surface area contributed by atoms with E-state index >= 15 is 0 Å². The van der Waals surface area contributed by atoms with E-state index in [9.17, 15) is 9.18 Å². The number of hydrogen-bond donors (Lipinski definition) is 1. The summed E-state index contributed by atoms with van der Waals surface area (Å²) in [5, 5.41) is 2.93. The van der Waals surface area contributed by atoms with Gasteiger partial charge in [0.05, 0.1) is 12.2 Å². The number of rotatable bonds is 7. The molecule has 144 valence electrons. The Morgan fingerprint density at radius 1 is 1.14 bits per heavy atom. The average Bonchev–Trinajstić information content (AvgIpc) is 2.72. The molecule has 0 unspecified atom stereocenters. The van der Waals surface area contributed by atoms with Gasteiger partial charge >= 0.3 is 0 Å². The van der Waals surface area contributed by atoms with Crippen LogP contribution in [0.2, 0.25) is 0 Å². The summed E-state index contributed by atoms with van der Waals surface area (Å²) in [6, 6.07) is 12.2. The number of carbonyl (C=O) groups excluding carboxylic acids is 1. The molecule has 2 aromatic heterocycles. The molecule has 0 aliphatic carbocycles. The number of likely N-dealkylation sites (N-methyl/N-ethyl adjacent to an activating group) is 1. The molecule has 1 amide bonds. The van der Waals surface area contributed by atoms with Crippen LogP contribution in [0.4, 0.5) is 10.3 Å². The van der Waals surface area contributed by atoms with E-state index in [4.69, 9.17) is 0 Å². The Morgan fingerprint density at radius 3 is 2.68 bits per heavy atom. The van der Waals surface area contributed by atoms with Gasteiger partial charge in [-0.05, 0) is 36.8 Å². The van der Waals surface area contributed by atoms with Gasteiger partial charge in [0.25, 0.3) is 0 Å². The van der Waals surface area contributed by atoms with Crippen LogP contribution in [0.25, 0.3) is 11.3 Å².